The standard InChI is InChI=1S/C19H19N5O3S/c1-12(2)24-16-10-13(8-9-15(16)21-19(24)25)11-20-23(3)18-14-6-4-5-7-17(14)28(26,27)22-18/h4-12H,1-3H3,(H,21,25)/b20-11+. The maximum atomic E-state index is 12.2. The van der Waals surface area contributed by atoms with E-state index in [-0.39, 0.29) is 22.5 Å². The molecule has 9 heteroatoms. The number of fused-ring (bicyclic) bond motifs is 2. The van der Waals surface area contributed by atoms with E-state index >= 15 is 0 Å². The van der Waals surface area contributed by atoms with E-state index in [0.29, 0.717) is 5.56 Å². The molecule has 1 aliphatic heterocycles. The van der Waals surface area contributed by atoms with Gasteiger partial charge in [-0.05, 0) is 43.7 Å². The van der Waals surface area contributed by atoms with Gasteiger partial charge in [-0.1, -0.05) is 18.2 Å². The molecule has 0 spiro atoms. The molecule has 3 aromatic rings. The van der Waals surface area contributed by atoms with E-state index in [2.05, 4.69) is 14.5 Å². The first-order valence-electron chi connectivity index (χ1n) is 8.74. The minimum Gasteiger partial charge on any atom is -0.306 e. The van der Waals surface area contributed by atoms with Gasteiger partial charge in [-0.15, -0.1) is 4.40 Å². The van der Waals surface area contributed by atoms with Crippen LogP contribution in [0.15, 0.2) is 61.7 Å². The van der Waals surface area contributed by atoms with E-state index in [1.54, 1.807) is 36.0 Å². The number of rotatable bonds is 3. The van der Waals surface area contributed by atoms with E-state index in [9.17, 15) is 13.2 Å². The van der Waals surface area contributed by atoms with Crippen LogP contribution in [0.1, 0.15) is 31.0 Å². The zero-order chi connectivity index (χ0) is 20.1. The Kier molecular flexibility index (Phi) is 4.19. The first-order valence-corrected chi connectivity index (χ1v) is 10.2. The fourth-order valence-corrected chi connectivity index (χ4v) is 4.49. The van der Waals surface area contributed by atoms with Crippen LogP contribution in [-0.2, 0) is 10.0 Å². The molecular formula is C19H19N5O3S. The van der Waals surface area contributed by atoms with Gasteiger partial charge in [-0.2, -0.15) is 13.5 Å². The zero-order valence-corrected chi connectivity index (χ0v) is 16.4. The average Bonchev–Trinajstić information content (AvgIpc) is 3.13. The number of nitrogens with zero attached hydrogens (tertiary/aromatic N) is 4. The number of nitrogens with one attached hydrogen (secondary N) is 1. The topological polar surface area (TPSA) is 99.9 Å². The summed E-state index contributed by atoms with van der Waals surface area (Å²) in [5.74, 6) is 0.272. The lowest BCUT2D eigenvalue weighted by atomic mass is 10.2. The van der Waals surface area contributed by atoms with Crippen LogP contribution in [0.3, 0.4) is 0 Å². The molecule has 28 heavy (non-hydrogen) atoms. The van der Waals surface area contributed by atoms with Gasteiger partial charge in [0.05, 0.1) is 17.2 Å². The van der Waals surface area contributed by atoms with Crippen molar-refractivity contribution < 1.29 is 8.42 Å². The third-order valence-electron chi connectivity index (χ3n) is 4.56. The SMILES string of the molecule is CC(C)n1c(=O)[nH]c2ccc(/C=N/N(C)C3=NS(=O)(=O)c4ccccc43)cc21. The summed E-state index contributed by atoms with van der Waals surface area (Å²) in [4.78, 5) is 15.1. The fourth-order valence-electron chi connectivity index (χ4n) is 3.26. The number of aromatic nitrogens is 2. The molecule has 1 aliphatic rings. The van der Waals surface area contributed by atoms with E-state index in [1.165, 1.54) is 11.1 Å². The van der Waals surface area contributed by atoms with Gasteiger partial charge in [0, 0.05) is 18.7 Å². The number of hydrogen-bond acceptors (Lipinski definition) is 5. The van der Waals surface area contributed by atoms with E-state index < -0.39 is 10.0 Å². The van der Waals surface area contributed by atoms with Gasteiger partial charge in [0.15, 0.2) is 5.84 Å². The van der Waals surface area contributed by atoms with Gasteiger partial charge in [0.2, 0.25) is 0 Å². The molecule has 8 nitrogen and oxygen atoms in total. The first-order chi connectivity index (χ1) is 13.3. The van der Waals surface area contributed by atoms with Crippen molar-refractivity contribution in [2.45, 2.75) is 24.8 Å². The van der Waals surface area contributed by atoms with Gasteiger partial charge < -0.3 is 4.98 Å². The molecule has 0 saturated carbocycles. The molecule has 1 aromatic heterocycles. The maximum Gasteiger partial charge on any atom is 0.326 e. The van der Waals surface area contributed by atoms with E-state index in [0.717, 1.165) is 16.6 Å². The van der Waals surface area contributed by atoms with Gasteiger partial charge in [0.25, 0.3) is 10.0 Å². The highest BCUT2D eigenvalue weighted by atomic mass is 32.2. The summed E-state index contributed by atoms with van der Waals surface area (Å²) in [5.41, 5.74) is 2.69. The quantitative estimate of drug-likeness (QED) is 0.541. The Morgan fingerprint density at radius 1 is 1.21 bits per heavy atom. The molecule has 0 aliphatic carbocycles. The Hall–Kier alpha value is -3.20. The Labute approximate surface area is 161 Å². The lowest BCUT2D eigenvalue weighted by Gasteiger charge is -2.12. The van der Waals surface area contributed by atoms with Gasteiger partial charge in [0.1, 0.15) is 4.90 Å². The van der Waals surface area contributed by atoms with Crippen LogP contribution in [0, 0.1) is 0 Å². The molecule has 0 saturated heterocycles. The molecule has 0 atom stereocenters. The second-order valence-corrected chi connectivity index (χ2v) is 8.40. The monoisotopic (exact) mass is 397 g/mol. The first kappa shape index (κ1) is 18.2. The van der Waals surface area contributed by atoms with Gasteiger partial charge in [-0.3, -0.25) is 4.57 Å². The lowest BCUT2D eigenvalue weighted by Crippen LogP contribution is -2.21. The number of aromatic amines is 1. The summed E-state index contributed by atoms with van der Waals surface area (Å²) in [7, 11) is -2.05. The van der Waals surface area contributed by atoms with Crippen LogP contribution < -0.4 is 5.69 Å². The van der Waals surface area contributed by atoms with Crippen molar-refractivity contribution in [1.82, 2.24) is 14.6 Å². The molecule has 0 amide bonds. The molecule has 2 aromatic carbocycles. The van der Waals surface area contributed by atoms with Gasteiger partial charge >= 0.3 is 5.69 Å². The highest BCUT2D eigenvalue weighted by Gasteiger charge is 2.30. The minimum absolute atomic E-state index is 0.0191. The second-order valence-electron chi connectivity index (χ2n) is 6.82. The number of benzene rings is 2. The summed E-state index contributed by atoms with van der Waals surface area (Å²) in [5, 5.41) is 5.78. The van der Waals surface area contributed by atoms with Crippen LogP contribution in [-0.4, -0.2) is 42.1 Å². The van der Waals surface area contributed by atoms with Crippen LogP contribution in [0.5, 0.6) is 0 Å². The number of sulfonamides is 1. The average molecular weight is 397 g/mol. The number of hydrazone groups is 1. The van der Waals surface area contributed by atoms with Crippen LogP contribution >= 0.6 is 0 Å². The predicted molar refractivity (Wildman–Crippen MR) is 108 cm³/mol. The summed E-state index contributed by atoms with van der Waals surface area (Å²) in [6.45, 7) is 3.89. The summed E-state index contributed by atoms with van der Waals surface area (Å²) >= 11 is 0. The molecule has 0 bridgehead atoms. The van der Waals surface area contributed by atoms with E-state index in [1.807, 2.05) is 32.0 Å². The number of amidine groups is 1. The molecule has 4 rings (SSSR count). The maximum absolute atomic E-state index is 12.2. The van der Waals surface area contributed by atoms with Crippen molar-refractivity contribution in [1.29, 1.82) is 0 Å². The normalized spacial score (nSPS) is 15.4. The molecule has 0 unspecified atom stereocenters. The number of H-pyrrole nitrogens is 1. The zero-order valence-electron chi connectivity index (χ0n) is 15.6. The molecule has 144 valence electrons. The van der Waals surface area contributed by atoms with Crippen molar-refractivity contribution in [3.05, 3.63) is 64.1 Å². The summed E-state index contributed by atoms with van der Waals surface area (Å²) in [6, 6.07) is 12.2. The molecule has 2 heterocycles. The Bertz CT molecular complexity index is 1300. The third kappa shape index (κ3) is 2.93. The van der Waals surface area contributed by atoms with Crippen molar-refractivity contribution in [3.8, 4) is 0 Å². The molecule has 0 fully saturated rings. The van der Waals surface area contributed by atoms with Crippen LogP contribution in [0.4, 0.5) is 0 Å². The second kappa shape index (κ2) is 6.45. The minimum atomic E-state index is -3.69. The van der Waals surface area contributed by atoms with E-state index in [4.69, 9.17) is 0 Å². The largest absolute Gasteiger partial charge is 0.326 e. The molecule has 0 radical (unpaired) electrons. The molecular weight excluding hydrogens is 378 g/mol. The fraction of sp³-hybridized carbons (Fsp3) is 0.211. The highest BCUT2D eigenvalue weighted by Crippen LogP contribution is 2.27. The smallest absolute Gasteiger partial charge is 0.306 e. The summed E-state index contributed by atoms with van der Waals surface area (Å²) < 4.78 is 29.9. The van der Waals surface area contributed by atoms with Crippen LogP contribution in [0.25, 0.3) is 11.0 Å². The third-order valence-corrected chi connectivity index (χ3v) is 5.88. The number of hydrogen-bond donors (Lipinski definition) is 1. The van der Waals surface area contributed by atoms with Crippen molar-refractivity contribution in [2.24, 2.45) is 9.50 Å². The molecule has 1 N–H and O–H groups in total. The predicted octanol–water partition coefficient (Wildman–Crippen LogP) is 2.33. The summed E-state index contributed by atoms with van der Waals surface area (Å²) in [6.07, 6.45) is 1.61. The van der Waals surface area contributed by atoms with Crippen molar-refractivity contribution in [2.75, 3.05) is 7.05 Å². The van der Waals surface area contributed by atoms with Crippen molar-refractivity contribution >= 4 is 33.1 Å². The lowest BCUT2D eigenvalue weighted by molar-refractivity contribution is 0.549. The van der Waals surface area contributed by atoms with Gasteiger partial charge in [-0.25, -0.2) is 9.80 Å². The van der Waals surface area contributed by atoms with Crippen LogP contribution in [0.2, 0.25) is 0 Å². The Morgan fingerprint density at radius 2 is 1.96 bits per heavy atom. The Balaban J connectivity index is 1.68. The highest BCUT2D eigenvalue weighted by molar-refractivity contribution is 7.90. The Morgan fingerprint density at radius 3 is 2.71 bits per heavy atom. The van der Waals surface area contributed by atoms with Crippen molar-refractivity contribution in [3.63, 3.8) is 0 Å². The number of imidazole rings is 1.